The van der Waals surface area contributed by atoms with Crippen LogP contribution in [0, 0.1) is 5.92 Å². The van der Waals surface area contributed by atoms with Gasteiger partial charge in [-0.3, -0.25) is 14.2 Å². The molecule has 5 nitrogen and oxygen atoms in total. The summed E-state index contributed by atoms with van der Waals surface area (Å²) in [5, 5.41) is 1.19. The smallest absolute Gasteiger partial charge is 0.262 e. The Bertz CT molecular complexity index is 1060. The largest absolute Gasteiger partial charge is 0.342 e. The molecular weight excluding hydrogens is 382 g/mol. The number of carbonyl (C=O) groups excluding carboxylic acids is 1. The first-order valence-corrected chi connectivity index (χ1v) is 11.0. The average Bonchev–Trinajstić information content (AvgIpc) is 2.75. The highest BCUT2D eigenvalue weighted by atomic mass is 32.2. The van der Waals surface area contributed by atoms with Gasteiger partial charge in [-0.2, -0.15) is 0 Å². The highest BCUT2D eigenvalue weighted by molar-refractivity contribution is 7.99. The molecule has 0 aliphatic carbocycles. The van der Waals surface area contributed by atoms with Crippen molar-refractivity contribution in [2.75, 3.05) is 18.8 Å². The van der Waals surface area contributed by atoms with Crippen molar-refractivity contribution in [3.8, 4) is 0 Å². The zero-order valence-corrected chi connectivity index (χ0v) is 17.4. The number of benzene rings is 2. The van der Waals surface area contributed by atoms with E-state index in [0.717, 1.165) is 25.1 Å². The first-order valence-electron chi connectivity index (χ1n) is 10.1. The van der Waals surface area contributed by atoms with E-state index in [1.165, 1.54) is 18.2 Å². The van der Waals surface area contributed by atoms with E-state index < -0.39 is 0 Å². The Balaban J connectivity index is 1.62. The van der Waals surface area contributed by atoms with Crippen LogP contribution in [0.5, 0.6) is 0 Å². The van der Waals surface area contributed by atoms with Crippen molar-refractivity contribution in [2.24, 2.45) is 5.92 Å². The third-order valence-corrected chi connectivity index (χ3v) is 6.31. The van der Waals surface area contributed by atoms with Gasteiger partial charge in [0.25, 0.3) is 5.56 Å². The summed E-state index contributed by atoms with van der Waals surface area (Å²) in [5.41, 5.74) is 1.63. The molecule has 6 heteroatoms. The molecule has 0 saturated carbocycles. The first-order chi connectivity index (χ1) is 14.1. The van der Waals surface area contributed by atoms with Crippen LogP contribution in [0.2, 0.25) is 0 Å². The van der Waals surface area contributed by atoms with Crippen LogP contribution >= 0.6 is 11.8 Å². The summed E-state index contributed by atoms with van der Waals surface area (Å²) in [6.07, 6.45) is 2.24. The summed E-state index contributed by atoms with van der Waals surface area (Å²) in [4.78, 5) is 32.5. The molecule has 0 bridgehead atoms. The van der Waals surface area contributed by atoms with E-state index in [0.29, 0.717) is 34.3 Å². The predicted octanol–water partition coefficient (Wildman–Crippen LogP) is 3.80. The fraction of sp³-hybridized carbons (Fsp3) is 0.348. The Morgan fingerprint density at radius 2 is 1.90 bits per heavy atom. The molecule has 1 aliphatic heterocycles. The SMILES string of the molecule is C[C@H]1CCCN(C(=O)CSc2nc3ccccc3c(=O)n2Cc2ccccc2)C1. The summed E-state index contributed by atoms with van der Waals surface area (Å²) in [6, 6.07) is 17.3. The fourth-order valence-electron chi connectivity index (χ4n) is 3.80. The Morgan fingerprint density at radius 3 is 2.69 bits per heavy atom. The number of hydrogen-bond acceptors (Lipinski definition) is 4. The Morgan fingerprint density at radius 1 is 1.14 bits per heavy atom. The van der Waals surface area contributed by atoms with Gasteiger partial charge >= 0.3 is 0 Å². The van der Waals surface area contributed by atoms with Crippen molar-refractivity contribution < 1.29 is 4.79 Å². The molecule has 2 heterocycles. The number of piperidine rings is 1. The minimum absolute atomic E-state index is 0.0685. The summed E-state index contributed by atoms with van der Waals surface area (Å²) < 4.78 is 1.69. The normalized spacial score (nSPS) is 16.9. The van der Waals surface area contributed by atoms with E-state index in [-0.39, 0.29) is 11.5 Å². The Hall–Kier alpha value is -2.60. The van der Waals surface area contributed by atoms with E-state index in [1.807, 2.05) is 53.4 Å². The number of rotatable bonds is 5. The zero-order valence-electron chi connectivity index (χ0n) is 16.6. The summed E-state index contributed by atoms with van der Waals surface area (Å²) in [5.74, 6) is 0.967. The van der Waals surface area contributed by atoms with Crippen LogP contribution < -0.4 is 5.56 Å². The van der Waals surface area contributed by atoms with Crippen molar-refractivity contribution >= 4 is 28.6 Å². The van der Waals surface area contributed by atoms with E-state index in [1.54, 1.807) is 10.6 Å². The minimum atomic E-state index is -0.0685. The number of nitrogens with zero attached hydrogens (tertiary/aromatic N) is 3. The maximum Gasteiger partial charge on any atom is 0.262 e. The third-order valence-electron chi connectivity index (χ3n) is 5.34. The third kappa shape index (κ3) is 4.53. The van der Waals surface area contributed by atoms with E-state index in [4.69, 9.17) is 4.98 Å². The molecule has 2 aromatic carbocycles. The highest BCUT2D eigenvalue weighted by Crippen LogP contribution is 2.21. The number of likely N-dealkylation sites (tertiary alicyclic amines) is 1. The molecule has 1 aliphatic rings. The van der Waals surface area contributed by atoms with Crippen molar-refractivity contribution in [3.05, 3.63) is 70.5 Å². The molecule has 1 saturated heterocycles. The van der Waals surface area contributed by atoms with Gasteiger partial charge in [-0.05, 0) is 36.5 Å². The van der Waals surface area contributed by atoms with Crippen molar-refractivity contribution in [1.29, 1.82) is 0 Å². The first kappa shape index (κ1) is 19.7. The van der Waals surface area contributed by atoms with E-state index in [9.17, 15) is 9.59 Å². The molecule has 1 fully saturated rings. The van der Waals surface area contributed by atoms with Gasteiger partial charge in [-0.25, -0.2) is 4.98 Å². The number of fused-ring (bicyclic) bond motifs is 1. The van der Waals surface area contributed by atoms with Crippen LogP contribution in [0.4, 0.5) is 0 Å². The van der Waals surface area contributed by atoms with Crippen LogP contribution in [-0.2, 0) is 11.3 Å². The molecule has 4 rings (SSSR count). The maximum absolute atomic E-state index is 13.2. The van der Waals surface area contributed by atoms with Crippen LogP contribution in [0.15, 0.2) is 64.5 Å². The standard InChI is InChI=1S/C23H25N3O2S/c1-17-8-7-13-25(14-17)21(27)16-29-23-24-20-12-6-5-11-19(20)22(28)26(23)15-18-9-3-2-4-10-18/h2-6,9-12,17H,7-8,13-16H2,1H3/t17-/m0/s1. The Kier molecular flexibility index (Phi) is 6.00. The van der Waals surface area contributed by atoms with E-state index in [2.05, 4.69) is 6.92 Å². The average molecular weight is 408 g/mol. The lowest BCUT2D eigenvalue weighted by Gasteiger charge is -2.30. The van der Waals surface area contributed by atoms with E-state index >= 15 is 0 Å². The molecule has 1 atom stereocenters. The lowest BCUT2D eigenvalue weighted by atomic mass is 10.0. The van der Waals surface area contributed by atoms with Gasteiger partial charge in [0.1, 0.15) is 0 Å². The number of aromatic nitrogens is 2. The summed E-state index contributed by atoms with van der Waals surface area (Å²) >= 11 is 1.36. The quantitative estimate of drug-likeness (QED) is 0.477. The molecule has 3 aromatic rings. The van der Waals surface area contributed by atoms with Gasteiger partial charge in [0.05, 0.1) is 23.2 Å². The molecule has 0 radical (unpaired) electrons. The van der Waals surface area contributed by atoms with Gasteiger partial charge in [0, 0.05) is 13.1 Å². The monoisotopic (exact) mass is 407 g/mol. The van der Waals surface area contributed by atoms with Gasteiger partial charge in [-0.1, -0.05) is 61.2 Å². The van der Waals surface area contributed by atoms with Crippen LogP contribution in [-0.4, -0.2) is 39.2 Å². The van der Waals surface area contributed by atoms with Gasteiger partial charge in [0.2, 0.25) is 5.91 Å². The number of carbonyl (C=O) groups is 1. The molecule has 1 aromatic heterocycles. The molecule has 1 amide bonds. The fourth-order valence-corrected chi connectivity index (χ4v) is 4.70. The van der Waals surface area contributed by atoms with Gasteiger partial charge < -0.3 is 4.90 Å². The number of para-hydroxylation sites is 1. The molecular formula is C23H25N3O2S. The molecule has 0 spiro atoms. The van der Waals surface area contributed by atoms with Crippen LogP contribution in [0.1, 0.15) is 25.3 Å². The topological polar surface area (TPSA) is 55.2 Å². The van der Waals surface area contributed by atoms with Crippen molar-refractivity contribution in [1.82, 2.24) is 14.5 Å². The van der Waals surface area contributed by atoms with Gasteiger partial charge in [0.15, 0.2) is 5.16 Å². The van der Waals surface area contributed by atoms with Crippen molar-refractivity contribution in [3.63, 3.8) is 0 Å². The summed E-state index contributed by atoms with van der Waals surface area (Å²) in [7, 11) is 0. The lowest BCUT2D eigenvalue weighted by molar-refractivity contribution is -0.130. The zero-order chi connectivity index (χ0) is 20.2. The second kappa shape index (κ2) is 8.82. The van der Waals surface area contributed by atoms with Crippen molar-refractivity contribution in [2.45, 2.75) is 31.5 Å². The molecule has 0 unspecified atom stereocenters. The highest BCUT2D eigenvalue weighted by Gasteiger charge is 2.22. The molecule has 0 N–H and O–H groups in total. The summed E-state index contributed by atoms with van der Waals surface area (Å²) in [6.45, 7) is 4.27. The van der Waals surface area contributed by atoms with Crippen LogP contribution in [0.3, 0.4) is 0 Å². The molecule has 150 valence electrons. The lowest BCUT2D eigenvalue weighted by Crippen LogP contribution is -2.40. The molecule has 29 heavy (non-hydrogen) atoms. The second-order valence-corrected chi connectivity index (χ2v) is 8.61. The van der Waals surface area contributed by atoms with Crippen LogP contribution in [0.25, 0.3) is 10.9 Å². The maximum atomic E-state index is 13.2. The number of amides is 1. The predicted molar refractivity (Wildman–Crippen MR) is 117 cm³/mol. The Labute approximate surface area is 174 Å². The minimum Gasteiger partial charge on any atom is -0.342 e. The number of hydrogen-bond donors (Lipinski definition) is 0. The van der Waals surface area contributed by atoms with Gasteiger partial charge in [-0.15, -0.1) is 0 Å². The number of thioether (sulfide) groups is 1. The second-order valence-electron chi connectivity index (χ2n) is 7.66.